The molecule has 8 heteroatoms. The van der Waals surface area contributed by atoms with Gasteiger partial charge in [-0.05, 0) is 55.8 Å². The number of rotatable bonds is 5. The molecule has 7 nitrogen and oxygen atoms in total. The van der Waals surface area contributed by atoms with Crippen molar-refractivity contribution in [2.24, 2.45) is 0 Å². The van der Waals surface area contributed by atoms with E-state index in [9.17, 15) is 9.36 Å². The van der Waals surface area contributed by atoms with Crippen LogP contribution in [0.1, 0.15) is 5.56 Å². The average Bonchev–Trinajstić information content (AvgIpc) is 3.08. The summed E-state index contributed by atoms with van der Waals surface area (Å²) in [7, 11) is -0.363. The lowest BCUT2D eigenvalue weighted by Crippen LogP contribution is -2.13. The van der Waals surface area contributed by atoms with Crippen LogP contribution in [-0.4, -0.2) is 36.3 Å². The minimum absolute atomic E-state index is 0.0178. The highest BCUT2D eigenvalue weighted by atomic mass is 31.2. The topological polar surface area (TPSA) is 87.2 Å². The summed E-state index contributed by atoms with van der Waals surface area (Å²) < 4.78 is 12.2. The number of nitrogens with one attached hydrogen (secondary N) is 2. The maximum atomic E-state index is 12.2. The average molecular weight is 407 g/mol. The fourth-order valence-corrected chi connectivity index (χ4v) is 4.12. The highest BCUT2D eigenvalue weighted by Gasteiger charge is 2.21. The van der Waals surface area contributed by atoms with E-state index in [1.807, 2.05) is 60.5 Å². The molecule has 1 aliphatic rings. The number of anilines is 5. The first-order valence-electron chi connectivity index (χ1n) is 9.22. The van der Waals surface area contributed by atoms with Crippen molar-refractivity contribution in [1.29, 1.82) is 0 Å². The van der Waals surface area contributed by atoms with Crippen molar-refractivity contribution in [1.82, 2.24) is 9.97 Å². The number of hydrogen-bond acceptors (Lipinski definition) is 6. The lowest BCUT2D eigenvalue weighted by molar-refractivity contribution is -0.115. The molecule has 1 aromatic heterocycles. The molecule has 0 spiro atoms. The van der Waals surface area contributed by atoms with Crippen molar-refractivity contribution in [3.8, 4) is 0 Å². The molecule has 4 rings (SSSR count). The van der Waals surface area contributed by atoms with Gasteiger partial charge in [-0.2, -0.15) is 4.98 Å². The largest absolute Gasteiger partial charge is 0.329 e. The Morgan fingerprint density at radius 2 is 1.86 bits per heavy atom. The molecule has 2 N–H and O–H groups in total. The van der Waals surface area contributed by atoms with Gasteiger partial charge in [-0.25, -0.2) is 4.98 Å². The number of benzene rings is 2. The van der Waals surface area contributed by atoms with E-state index in [0.29, 0.717) is 18.2 Å². The normalized spacial score (nSPS) is 13.0. The second-order valence-corrected chi connectivity index (χ2v) is 10.6. The standard InChI is InChI=1S/C21H22N5O2P/c1-26(14-7-9-15(10-8-14)29(2,3)28)19-11-12-22-21(25-19)24-18-6-4-5-17-16(18)13-20(27)23-17/h4-12H,13H2,1-3H3,(H,23,27)(H,22,24,25). The molecule has 2 heterocycles. The third-order valence-corrected chi connectivity index (χ3v) is 6.42. The summed E-state index contributed by atoms with van der Waals surface area (Å²) in [5.74, 6) is 1.15. The molecule has 0 saturated heterocycles. The van der Waals surface area contributed by atoms with Crippen molar-refractivity contribution >= 4 is 47.2 Å². The Morgan fingerprint density at radius 1 is 1.10 bits per heavy atom. The molecule has 0 radical (unpaired) electrons. The first-order chi connectivity index (χ1) is 13.8. The molecule has 0 atom stereocenters. The fraction of sp³-hybridized carbons (Fsp3) is 0.190. The van der Waals surface area contributed by atoms with Gasteiger partial charge >= 0.3 is 0 Å². The molecule has 0 aliphatic carbocycles. The summed E-state index contributed by atoms with van der Waals surface area (Å²) in [6.45, 7) is 3.52. The third-order valence-electron chi connectivity index (χ3n) is 4.88. The maximum Gasteiger partial charge on any atom is 0.229 e. The van der Waals surface area contributed by atoms with Gasteiger partial charge in [-0.3, -0.25) is 4.79 Å². The lowest BCUT2D eigenvalue weighted by Gasteiger charge is -2.20. The Kier molecular flexibility index (Phi) is 4.84. The minimum atomic E-state index is -2.28. The molecule has 0 fully saturated rings. The van der Waals surface area contributed by atoms with Gasteiger partial charge in [0.05, 0.1) is 6.42 Å². The molecule has 2 aromatic carbocycles. The zero-order chi connectivity index (χ0) is 20.6. The molecule has 1 amide bonds. The van der Waals surface area contributed by atoms with Crippen LogP contribution in [0.4, 0.5) is 28.8 Å². The molecule has 1 aliphatic heterocycles. The van der Waals surface area contributed by atoms with Crippen LogP contribution < -0.4 is 20.8 Å². The Morgan fingerprint density at radius 3 is 2.59 bits per heavy atom. The van der Waals surface area contributed by atoms with Gasteiger partial charge < -0.3 is 20.1 Å². The van der Waals surface area contributed by atoms with Gasteiger partial charge in [0, 0.05) is 41.2 Å². The van der Waals surface area contributed by atoms with Crippen LogP contribution >= 0.6 is 7.14 Å². The van der Waals surface area contributed by atoms with E-state index < -0.39 is 7.14 Å². The van der Waals surface area contributed by atoms with Gasteiger partial charge in [0.25, 0.3) is 0 Å². The third kappa shape index (κ3) is 4.00. The first kappa shape index (κ1) is 19.2. The van der Waals surface area contributed by atoms with E-state index in [1.54, 1.807) is 19.5 Å². The van der Waals surface area contributed by atoms with Crippen molar-refractivity contribution in [3.05, 3.63) is 60.3 Å². The summed E-state index contributed by atoms with van der Waals surface area (Å²) in [6, 6.07) is 15.1. The van der Waals surface area contributed by atoms with Crippen molar-refractivity contribution in [2.75, 3.05) is 35.9 Å². The summed E-state index contributed by atoms with van der Waals surface area (Å²) >= 11 is 0. The van der Waals surface area contributed by atoms with Gasteiger partial charge in [0.2, 0.25) is 11.9 Å². The van der Waals surface area contributed by atoms with Gasteiger partial charge in [0.1, 0.15) is 13.0 Å². The number of fused-ring (bicyclic) bond motifs is 1. The predicted octanol–water partition coefficient (Wildman–Crippen LogP) is 3.73. The summed E-state index contributed by atoms with van der Waals surface area (Å²) in [5, 5.41) is 6.91. The van der Waals surface area contributed by atoms with Gasteiger partial charge in [-0.15, -0.1) is 0 Å². The molecular formula is C21H22N5O2P. The lowest BCUT2D eigenvalue weighted by atomic mass is 10.1. The minimum Gasteiger partial charge on any atom is -0.329 e. The van der Waals surface area contributed by atoms with E-state index in [1.165, 1.54) is 0 Å². The Bertz CT molecular complexity index is 1120. The SMILES string of the molecule is CN(c1ccc(P(C)(C)=O)cc1)c1ccnc(Nc2cccc3c2CC(=O)N3)n1. The van der Waals surface area contributed by atoms with Crippen LogP contribution in [0, 0.1) is 0 Å². The van der Waals surface area contributed by atoms with Crippen molar-refractivity contribution in [2.45, 2.75) is 6.42 Å². The molecule has 3 aromatic rings. The van der Waals surface area contributed by atoms with Crippen LogP contribution in [0.3, 0.4) is 0 Å². The van der Waals surface area contributed by atoms with Crippen LogP contribution in [0.25, 0.3) is 0 Å². The van der Waals surface area contributed by atoms with Crippen molar-refractivity contribution < 1.29 is 9.36 Å². The highest BCUT2D eigenvalue weighted by Crippen LogP contribution is 2.35. The zero-order valence-electron chi connectivity index (χ0n) is 16.5. The van der Waals surface area contributed by atoms with Crippen LogP contribution in [0.15, 0.2) is 54.7 Å². The van der Waals surface area contributed by atoms with Crippen LogP contribution in [-0.2, 0) is 15.8 Å². The fourth-order valence-electron chi connectivity index (χ4n) is 3.25. The predicted molar refractivity (Wildman–Crippen MR) is 118 cm³/mol. The van der Waals surface area contributed by atoms with Gasteiger partial charge in [0.15, 0.2) is 0 Å². The molecule has 0 saturated carbocycles. The summed E-state index contributed by atoms with van der Waals surface area (Å²) in [5.41, 5.74) is 3.48. The van der Waals surface area contributed by atoms with Crippen LogP contribution in [0.2, 0.25) is 0 Å². The number of aromatic nitrogens is 2. The first-order valence-corrected chi connectivity index (χ1v) is 11.8. The van der Waals surface area contributed by atoms with Crippen LogP contribution in [0.5, 0.6) is 0 Å². The van der Waals surface area contributed by atoms with Gasteiger partial charge in [-0.1, -0.05) is 6.07 Å². The number of amides is 1. The quantitative estimate of drug-likeness (QED) is 0.627. The van der Waals surface area contributed by atoms with E-state index in [2.05, 4.69) is 20.6 Å². The highest BCUT2D eigenvalue weighted by molar-refractivity contribution is 7.70. The smallest absolute Gasteiger partial charge is 0.229 e. The second kappa shape index (κ2) is 7.33. The Hall–Kier alpha value is -3.18. The molecular weight excluding hydrogens is 385 g/mol. The zero-order valence-corrected chi connectivity index (χ0v) is 17.4. The number of hydrogen-bond donors (Lipinski definition) is 2. The molecule has 148 valence electrons. The number of nitrogens with zero attached hydrogens (tertiary/aromatic N) is 3. The Balaban J connectivity index is 1.57. The monoisotopic (exact) mass is 407 g/mol. The van der Waals surface area contributed by atoms with E-state index in [4.69, 9.17) is 0 Å². The van der Waals surface area contributed by atoms with E-state index >= 15 is 0 Å². The second-order valence-electron chi connectivity index (χ2n) is 7.35. The molecule has 0 bridgehead atoms. The molecule has 0 unspecified atom stereocenters. The Labute approximate surface area is 169 Å². The summed E-state index contributed by atoms with van der Waals surface area (Å²) in [6.07, 6.45) is 2.03. The summed E-state index contributed by atoms with van der Waals surface area (Å²) in [4.78, 5) is 22.5. The molecule has 29 heavy (non-hydrogen) atoms. The van der Waals surface area contributed by atoms with Crippen molar-refractivity contribution in [3.63, 3.8) is 0 Å². The number of carbonyl (C=O) groups excluding carboxylic acids is 1. The van der Waals surface area contributed by atoms with E-state index in [0.717, 1.165) is 27.9 Å². The number of carbonyl (C=O) groups is 1. The van der Waals surface area contributed by atoms with E-state index in [-0.39, 0.29) is 5.91 Å². The maximum absolute atomic E-state index is 12.2.